The van der Waals surface area contributed by atoms with Gasteiger partial charge in [-0.1, -0.05) is 48.0 Å². The van der Waals surface area contributed by atoms with Gasteiger partial charge < -0.3 is 4.90 Å². The average Bonchev–Trinajstić information content (AvgIpc) is 2.63. The van der Waals surface area contributed by atoms with E-state index < -0.39 is 10.0 Å². The first-order valence-electron chi connectivity index (χ1n) is 8.57. The molecule has 0 radical (unpaired) electrons. The number of nitrogens with zero attached hydrogens (tertiary/aromatic N) is 2. The molecule has 0 aromatic heterocycles. The summed E-state index contributed by atoms with van der Waals surface area (Å²) in [7, 11) is -3.19. The number of benzene rings is 2. The number of anilines is 1. The summed E-state index contributed by atoms with van der Waals surface area (Å²) in [6, 6.07) is 17.7. The smallest absolute Gasteiger partial charge is 0.214 e. The van der Waals surface area contributed by atoms with E-state index in [0.29, 0.717) is 37.6 Å². The van der Waals surface area contributed by atoms with Crippen LogP contribution in [0.4, 0.5) is 5.69 Å². The van der Waals surface area contributed by atoms with E-state index in [2.05, 4.69) is 4.90 Å². The molecule has 0 spiro atoms. The van der Waals surface area contributed by atoms with Crippen LogP contribution in [0.1, 0.15) is 12.0 Å². The topological polar surface area (TPSA) is 40.6 Å². The van der Waals surface area contributed by atoms with Crippen LogP contribution in [0.25, 0.3) is 0 Å². The first-order chi connectivity index (χ1) is 12.0. The van der Waals surface area contributed by atoms with Gasteiger partial charge in [-0.05, 0) is 36.6 Å². The summed E-state index contributed by atoms with van der Waals surface area (Å²) in [4.78, 5) is 2.18. The minimum Gasteiger partial charge on any atom is -0.369 e. The lowest BCUT2D eigenvalue weighted by Gasteiger charge is -2.35. The number of aryl methyl sites for hydroxylation is 1. The van der Waals surface area contributed by atoms with Crippen LogP contribution in [0.5, 0.6) is 0 Å². The van der Waals surface area contributed by atoms with Gasteiger partial charge in [0.2, 0.25) is 10.0 Å². The largest absolute Gasteiger partial charge is 0.369 e. The number of sulfonamides is 1. The van der Waals surface area contributed by atoms with Gasteiger partial charge in [-0.15, -0.1) is 0 Å². The Morgan fingerprint density at radius 2 is 1.64 bits per heavy atom. The Morgan fingerprint density at radius 1 is 0.920 bits per heavy atom. The first-order valence-corrected chi connectivity index (χ1v) is 10.6. The Balaban J connectivity index is 1.51. The Bertz CT molecular complexity index is 788. The lowest BCUT2D eigenvalue weighted by Crippen LogP contribution is -2.49. The Labute approximate surface area is 155 Å². The van der Waals surface area contributed by atoms with Gasteiger partial charge in [0.25, 0.3) is 0 Å². The molecule has 1 fully saturated rings. The van der Waals surface area contributed by atoms with Crippen LogP contribution in [0, 0.1) is 0 Å². The van der Waals surface area contributed by atoms with Crippen LogP contribution in [-0.2, 0) is 16.4 Å². The summed E-state index contributed by atoms with van der Waals surface area (Å²) in [5.41, 5.74) is 2.23. The molecule has 1 saturated heterocycles. The maximum Gasteiger partial charge on any atom is 0.214 e. The number of rotatable bonds is 6. The van der Waals surface area contributed by atoms with E-state index in [1.807, 2.05) is 54.6 Å². The molecule has 6 heteroatoms. The summed E-state index contributed by atoms with van der Waals surface area (Å²) >= 11 is 6.04. The molecule has 1 aliphatic heterocycles. The minimum absolute atomic E-state index is 0.207. The van der Waals surface area contributed by atoms with Crippen LogP contribution in [0.3, 0.4) is 0 Å². The maximum atomic E-state index is 12.6. The lowest BCUT2D eigenvalue weighted by atomic mass is 10.1. The molecule has 25 heavy (non-hydrogen) atoms. The third-order valence-corrected chi connectivity index (χ3v) is 6.71. The van der Waals surface area contributed by atoms with E-state index in [0.717, 1.165) is 12.1 Å². The second-order valence-electron chi connectivity index (χ2n) is 6.27. The third kappa shape index (κ3) is 4.97. The van der Waals surface area contributed by atoms with Gasteiger partial charge in [-0.2, -0.15) is 4.31 Å². The van der Waals surface area contributed by atoms with Gasteiger partial charge in [0.05, 0.1) is 5.75 Å². The molecule has 1 heterocycles. The number of hydrogen-bond acceptors (Lipinski definition) is 3. The van der Waals surface area contributed by atoms with Gasteiger partial charge in [0.1, 0.15) is 0 Å². The molecule has 0 aliphatic carbocycles. The highest BCUT2D eigenvalue weighted by Crippen LogP contribution is 2.21. The SMILES string of the molecule is O=S(=O)(CCCc1ccccc1)N1CCN(c2cccc(Cl)c2)CC1. The molecule has 2 aromatic rings. The predicted octanol–water partition coefficient (Wildman–Crippen LogP) is 3.42. The summed E-state index contributed by atoms with van der Waals surface area (Å²) in [6.07, 6.45) is 1.45. The van der Waals surface area contributed by atoms with Crippen molar-refractivity contribution in [3.63, 3.8) is 0 Å². The van der Waals surface area contributed by atoms with E-state index in [1.165, 1.54) is 5.56 Å². The fourth-order valence-electron chi connectivity index (χ4n) is 3.13. The molecule has 0 bridgehead atoms. The zero-order valence-corrected chi connectivity index (χ0v) is 15.7. The van der Waals surface area contributed by atoms with Crippen molar-refractivity contribution in [3.8, 4) is 0 Å². The minimum atomic E-state index is -3.19. The second kappa shape index (κ2) is 8.21. The molecule has 2 aromatic carbocycles. The molecule has 0 N–H and O–H groups in total. The maximum absolute atomic E-state index is 12.6. The van der Waals surface area contributed by atoms with Gasteiger partial charge in [0, 0.05) is 36.9 Å². The van der Waals surface area contributed by atoms with Crippen molar-refractivity contribution in [1.29, 1.82) is 0 Å². The van der Waals surface area contributed by atoms with E-state index in [4.69, 9.17) is 11.6 Å². The van der Waals surface area contributed by atoms with Crippen molar-refractivity contribution in [2.24, 2.45) is 0 Å². The van der Waals surface area contributed by atoms with E-state index in [1.54, 1.807) is 4.31 Å². The zero-order valence-electron chi connectivity index (χ0n) is 14.1. The average molecular weight is 379 g/mol. The molecule has 1 aliphatic rings. The van der Waals surface area contributed by atoms with E-state index in [9.17, 15) is 8.42 Å². The highest BCUT2D eigenvalue weighted by Gasteiger charge is 2.26. The summed E-state index contributed by atoms with van der Waals surface area (Å²) in [6.45, 7) is 2.44. The fourth-order valence-corrected chi connectivity index (χ4v) is 4.80. The highest BCUT2D eigenvalue weighted by molar-refractivity contribution is 7.89. The molecule has 134 valence electrons. The fraction of sp³-hybridized carbons (Fsp3) is 0.368. The van der Waals surface area contributed by atoms with E-state index in [-0.39, 0.29) is 5.75 Å². The van der Waals surface area contributed by atoms with Crippen molar-refractivity contribution in [1.82, 2.24) is 4.31 Å². The van der Waals surface area contributed by atoms with Crippen LogP contribution in [0.15, 0.2) is 54.6 Å². The Hall–Kier alpha value is -1.56. The Morgan fingerprint density at radius 3 is 2.32 bits per heavy atom. The van der Waals surface area contributed by atoms with Crippen LogP contribution < -0.4 is 4.90 Å². The third-order valence-electron chi connectivity index (χ3n) is 4.52. The van der Waals surface area contributed by atoms with Gasteiger partial charge >= 0.3 is 0 Å². The van der Waals surface area contributed by atoms with Crippen molar-refractivity contribution < 1.29 is 8.42 Å². The number of hydrogen-bond donors (Lipinski definition) is 0. The normalized spacial score (nSPS) is 16.1. The van der Waals surface area contributed by atoms with Crippen molar-refractivity contribution in [2.45, 2.75) is 12.8 Å². The van der Waals surface area contributed by atoms with Gasteiger partial charge in [-0.25, -0.2) is 8.42 Å². The molecule has 0 unspecified atom stereocenters. The van der Waals surface area contributed by atoms with Gasteiger partial charge in [-0.3, -0.25) is 0 Å². The summed E-state index contributed by atoms with van der Waals surface area (Å²) in [5.74, 6) is 0.207. The van der Waals surface area contributed by atoms with Crippen molar-refractivity contribution >= 4 is 27.3 Å². The molecule has 0 amide bonds. The van der Waals surface area contributed by atoms with E-state index >= 15 is 0 Å². The molecule has 4 nitrogen and oxygen atoms in total. The molecular formula is C19H23ClN2O2S. The molecular weight excluding hydrogens is 356 g/mol. The standard InChI is InChI=1S/C19H23ClN2O2S/c20-18-9-4-10-19(16-18)21-11-13-22(14-12-21)25(23,24)15-5-8-17-6-2-1-3-7-17/h1-4,6-7,9-10,16H,5,8,11-15H2. The number of halogens is 1. The van der Waals surface area contributed by atoms with Gasteiger partial charge in [0.15, 0.2) is 0 Å². The second-order valence-corrected chi connectivity index (χ2v) is 8.80. The zero-order chi connectivity index (χ0) is 17.7. The van der Waals surface area contributed by atoms with Crippen LogP contribution in [0.2, 0.25) is 5.02 Å². The quantitative estimate of drug-likeness (QED) is 0.773. The van der Waals surface area contributed by atoms with Crippen LogP contribution in [-0.4, -0.2) is 44.7 Å². The number of piperazine rings is 1. The van der Waals surface area contributed by atoms with Crippen LogP contribution >= 0.6 is 11.6 Å². The van der Waals surface area contributed by atoms with Crippen molar-refractivity contribution in [2.75, 3.05) is 36.8 Å². The lowest BCUT2D eigenvalue weighted by molar-refractivity contribution is 0.384. The van der Waals surface area contributed by atoms with Crippen molar-refractivity contribution in [3.05, 3.63) is 65.2 Å². The predicted molar refractivity (Wildman–Crippen MR) is 104 cm³/mol. The first kappa shape index (κ1) is 18.2. The Kier molecular flexibility index (Phi) is 5.99. The monoisotopic (exact) mass is 378 g/mol. The molecule has 0 atom stereocenters. The highest BCUT2D eigenvalue weighted by atomic mass is 35.5. The molecule has 3 rings (SSSR count). The summed E-state index contributed by atoms with van der Waals surface area (Å²) in [5, 5.41) is 0.702. The molecule has 0 saturated carbocycles. The summed E-state index contributed by atoms with van der Waals surface area (Å²) < 4.78 is 26.7.